The fraction of sp³-hybridized carbons (Fsp3) is 0.391. The van der Waals surface area contributed by atoms with Gasteiger partial charge in [0.25, 0.3) is 5.56 Å². The number of nitrogens with one attached hydrogen (secondary N) is 2. The number of hydrogen-bond donors (Lipinski definition) is 2. The lowest BCUT2D eigenvalue weighted by Crippen LogP contribution is -2.43. The predicted molar refractivity (Wildman–Crippen MR) is 131 cm³/mol. The molecule has 1 amide bonds. The molecule has 10 heteroatoms. The van der Waals surface area contributed by atoms with Crippen LogP contribution in [0.25, 0.3) is 11.0 Å². The molecule has 33 heavy (non-hydrogen) atoms. The highest BCUT2D eigenvalue weighted by Crippen LogP contribution is 2.29. The minimum Gasteiger partial charge on any atom is -0.309 e. The number of amides is 1. The number of hydrogen-bond acceptors (Lipinski definition) is 7. The number of nitrogens with zero attached hydrogens (tertiary/aromatic N) is 4. The van der Waals surface area contributed by atoms with Crippen molar-refractivity contribution in [3.63, 3.8) is 0 Å². The van der Waals surface area contributed by atoms with Crippen LogP contribution >= 0.6 is 23.4 Å². The highest BCUT2D eigenvalue weighted by atomic mass is 35.5. The van der Waals surface area contributed by atoms with E-state index in [0.29, 0.717) is 41.5 Å². The number of aromatic nitrogens is 3. The highest BCUT2D eigenvalue weighted by Gasteiger charge is 2.20. The summed E-state index contributed by atoms with van der Waals surface area (Å²) in [6.07, 6.45) is 2.07. The van der Waals surface area contributed by atoms with E-state index in [-0.39, 0.29) is 11.5 Å². The van der Waals surface area contributed by atoms with E-state index in [1.165, 1.54) is 11.8 Å². The van der Waals surface area contributed by atoms with Crippen molar-refractivity contribution in [3.8, 4) is 0 Å². The third-order valence-electron chi connectivity index (χ3n) is 6.13. The van der Waals surface area contributed by atoms with Crippen molar-refractivity contribution in [1.82, 2.24) is 24.8 Å². The monoisotopic (exact) mass is 484 g/mol. The van der Waals surface area contributed by atoms with Gasteiger partial charge in [0.15, 0.2) is 0 Å². The molecule has 0 unspecified atom stereocenters. The number of carbonyl (C=O) groups excluding carboxylic acids is 1. The maximum absolute atomic E-state index is 12.4. The summed E-state index contributed by atoms with van der Waals surface area (Å²) in [6.45, 7) is 4.00. The van der Waals surface area contributed by atoms with E-state index in [0.717, 1.165) is 48.5 Å². The van der Waals surface area contributed by atoms with Gasteiger partial charge in [0.1, 0.15) is 16.6 Å². The van der Waals surface area contributed by atoms with E-state index in [9.17, 15) is 9.59 Å². The first kappa shape index (κ1) is 22.3. The molecule has 172 valence electrons. The smallest absolute Gasteiger partial charge is 0.252 e. The minimum absolute atomic E-state index is 0.00197. The molecule has 3 aromatic rings. The fourth-order valence-electron chi connectivity index (χ4n) is 4.31. The van der Waals surface area contributed by atoms with E-state index in [1.807, 2.05) is 18.2 Å². The average molecular weight is 485 g/mol. The van der Waals surface area contributed by atoms with E-state index >= 15 is 0 Å². The van der Waals surface area contributed by atoms with Gasteiger partial charge in [-0.2, -0.15) is 0 Å². The van der Waals surface area contributed by atoms with Crippen LogP contribution in [0, 0.1) is 0 Å². The molecule has 0 radical (unpaired) electrons. The van der Waals surface area contributed by atoms with E-state index in [2.05, 4.69) is 25.5 Å². The van der Waals surface area contributed by atoms with Crippen LogP contribution in [-0.2, 0) is 17.9 Å². The average Bonchev–Trinajstić information content (AvgIpc) is 2.82. The van der Waals surface area contributed by atoms with Crippen LogP contribution in [0.1, 0.15) is 18.5 Å². The molecule has 0 atom stereocenters. The van der Waals surface area contributed by atoms with Gasteiger partial charge in [-0.25, -0.2) is 9.97 Å². The summed E-state index contributed by atoms with van der Waals surface area (Å²) in [7, 11) is 0. The zero-order chi connectivity index (χ0) is 22.8. The highest BCUT2D eigenvalue weighted by molar-refractivity contribution is 8.00. The molecular weight excluding hydrogens is 460 g/mol. The Morgan fingerprint density at radius 2 is 1.88 bits per heavy atom. The largest absolute Gasteiger partial charge is 0.309 e. The second-order valence-electron chi connectivity index (χ2n) is 8.35. The molecule has 1 fully saturated rings. The number of fused-ring (bicyclic) bond motifs is 2. The SMILES string of the molecule is O=C1CSc2ccc(CNC3CCN(CCn4c(=O)ccc5ccc(Cl)nc54)CC3)nc2N1. The predicted octanol–water partition coefficient (Wildman–Crippen LogP) is 2.74. The van der Waals surface area contributed by atoms with Gasteiger partial charge in [0.05, 0.1) is 16.3 Å². The summed E-state index contributed by atoms with van der Waals surface area (Å²) in [4.78, 5) is 36.4. The number of anilines is 1. The second kappa shape index (κ2) is 9.80. The van der Waals surface area contributed by atoms with Gasteiger partial charge in [-0.1, -0.05) is 11.6 Å². The summed E-state index contributed by atoms with van der Waals surface area (Å²) >= 11 is 7.58. The molecule has 5 heterocycles. The van der Waals surface area contributed by atoms with Crippen molar-refractivity contribution in [3.05, 3.63) is 57.6 Å². The summed E-state index contributed by atoms with van der Waals surface area (Å²) in [5.74, 6) is 1.12. The van der Waals surface area contributed by atoms with E-state index < -0.39 is 0 Å². The third kappa shape index (κ3) is 5.22. The molecule has 2 aliphatic rings. The van der Waals surface area contributed by atoms with Gasteiger partial charge < -0.3 is 15.5 Å². The Kier molecular flexibility index (Phi) is 6.64. The van der Waals surface area contributed by atoms with Crippen LogP contribution in [-0.4, -0.2) is 56.8 Å². The number of pyridine rings is 3. The third-order valence-corrected chi connectivity index (χ3v) is 7.39. The number of piperidine rings is 1. The van der Waals surface area contributed by atoms with Crippen LogP contribution in [0.3, 0.4) is 0 Å². The van der Waals surface area contributed by atoms with Crippen molar-refractivity contribution >= 4 is 46.1 Å². The number of rotatable bonds is 6. The molecule has 1 saturated heterocycles. The first-order valence-corrected chi connectivity index (χ1v) is 12.5. The number of carbonyl (C=O) groups is 1. The Bertz CT molecular complexity index is 1240. The molecule has 0 aliphatic carbocycles. The van der Waals surface area contributed by atoms with Crippen molar-refractivity contribution < 1.29 is 4.79 Å². The lowest BCUT2D eigenvalue weighted by atomic mass is 10.0. The maximum Gasteiger partial charge on any atom is 0.252 e. The van der Waals surface area contributed by atoms with Gasteiger partial charge in [-0.05, 0) is 56.3 Å². The topological polar surface area (TPSA) is 92.2 Å². The maximum atomic E-state index is 12.4. The molecule has 5 rings (SSSR count). The van der Waals surface area contributed by atoms with Crippen LogP contribution in [0.4, 0.5) is 5.82 Å². The van der Waals surface area contributed by atoms with Crippen molar-refractivity contribution in [1.29, 1.82) is 0 Å². The number of thioether (sulfide) groups is 1. The van der Waals surface area contributed by atoms with Crippen LogP contribution in [0.5, 0.6) is 0 Å². The summed E-state index contributed by atoms with van der Waals surface area (Å²) in [6, 6.07) is 11.5. The normalized spacial score (nSPS) is 17.2. The quantitative estimate of drug-likeness (QED) is 0.520. The van der Waals surface area contributed by atoms with Crippen LogP contribution in [0.15, 0.2) is 46.1 Å². The van der Waals surface area contributed by atoms with Gasteiger partial charge in [-0.3, -0.25) is 14.2 Å². The molecule has 3 aromatic heterocycles. The Morgan fingerprint density at radius 1 is 1.06 bits per heavy atom. The van der Waals surface area contributed by atoms with Crippen molar-refractivity contribution in [2.75, 3.05) is 30.7 Å². The molecule has 0 saturated carbocycles. The first-order valence-electron chi connectivity index (χ1n) is 11.1. The first-order chi connectivity index (χ1) is 16.0. The van der Waals surface area contributed by atoms with Crippen LogP contribution < -0.4 is 16.2 Å². The number of likely N-dealkylation sites (tertiary alicyclic amines) is 1. The molecular formula is C23H25ClN6O2S. The Morgan fingerprint density at radius 3 is 2.73 bits per heavy atom. The van der Waals surface area contributed by atoms with Crippen molar-refractivity contribution in [2.24, 2.45) is 0 Å². The van der Waals surface area contributed by atoms with E-state index in [4.69, 9.17) is 11.6 Å². The molecule has 0 bridgehead atoms. The van der Waals surface area contributed by atoms with E-state index in [1.54, 1.807) is 22.8 Å². The summed E-state index contributed by atoms with van der Waals surface area (Å²) in [5.41, 5.74) is 1.51. The van der Waals surface area contributed by atoms with Gasteiger partial charge in [0, 0.05) is 37.1 Å². The fourth-order valence-corrected chi connectivity index (χ4v) is 5.21. The Balaban J connectivity index is 1.13. The summed E-state index contributed by atoms with van der Waals surface area (Å²) in [5, 5.41) is 7.75. The minimum atomic E-state index is -0.0547. The number of halogens is 1. The Hall–Kier alpha value is -2.46. The van der Waals surface area contributed by atoms with Gasteiger partial charge in [-0.15, -0.1) is 11.8 Å². The zero-order valence-electron chi connectivity index (χ0n) is 18.1. The van der Waals surface area contributed by atoms with Gasteiger partial charge in [0.2, 0.25) is 5.91 Å². The summed E-state index contributed by atoms with van der Waals surface area (Å²) < 4.78 is 1.71. The zero-order valence-corrected chi connectivity index (χ0v) is 19.7. The lowest BCUT2D eigenvalue weighted by molar-refractivity contribution is -0.113. The van der Waals surface area contributed by atoms with Crippen molar-refractivity contribution in [2.45, 2.75) is 36.9 Å². The standard InChI is InChI=1S/C23H25ClN6O2S/c24-19-5-1-15-2-6-21(32)30(23(15)27-19)12-11-29-9-7-16(8-10-29)25-13-17-3-4-18-22(26-17)28-20(31)14-33-18/h1-6,16,25H,7-14H2,(H,26,28,31). The van der Waals surface area contributed by atoms with Crippen LogP contribution in [0.2, 0.25) is 5.15 Å². The molecule has 2 aliphatic heterocycles. The second-order valence-corrected chi connectivity index (χ2v) is 9.76. The Labute approximate surface area is 200 Å². The molecule has 2 N–H and O–H groups in total. The molecule has 0 spiro atoms. The lowest BCUT2D eigenvalue weighted by Gasteiger charge is -2.32. The molecule has 0 aromatic carbocycles. The van der Waals surface area contributed by atoms with Gasteiger partial charge >= 0.3 is 0 Å². The molecule has 8 nitrogen and oxygen atoms in total.